The predicted octanol–water partition coefficient (Wildman–Crippen LogP) is 1.12. The number of carbonyl (C=O) groups excluding carboxylic acids is 1. The minimum atomic E-state index is -0.490. The fraction of sp³-hybridized carbons (Fsp3) is 0.917. The van der Waals surface area contributed by atoms with Crippen LogP contribution in [-0.2, 0) is 4.74 Å². The summed E-state index contributed by atoms with van der Waals surface area (Å²) < 4.78 is 5.17. The lowest BCUT2D eigenvalue weighted by Crippen LogP contribution is -2.46. The number of carbonyl (C=O) groups is 1. The van der Waals surface area contributed by atoms with Crippen molar-refractivity contribution in [1.29, 1.82) is 0 Å². The molecule has 0 aliphatic rings. The van der Waals surface area contributed by atoms with Crippen molar-refractivity contribution in [3.63, 3.8) is 0 Å². The average Bonchev–Trinajstić information content (AvgIpc) is 2.23. The summed E-state index contributed by atoms with van der Waals surface area (Å²) in [6.45, 7) is 8.55. The van der Waals surface area contributed by atoms with Crippen LogP contribution >= 0.6 is 0 Å². The van der Waals surface area contributed by atoms with Crippen LogP contribution in [0.2, 0.25) is 0 Å². The molecule has 0 rings (SSSR count). The molecule has 2 amide bonds. The normalized spacial score (nSPS) is 13.6. The molecule has 0 radical (unpaired) electrons. The molecule has 0 aromatic carbocycles. The number of urea groups is 1. The topological polar surface area (TPSA) is 70.6 Å². The summed E-state index contributed by atoms with van der Waals surface area (Å²) in [5, 5.41) is 14.9. The van der Waals surface area contributed by atoms with Crippen molar-refractivity contribution < 1.29 is 14.6 Å². The Morgan fingerprint density at radius 2 is 1.94 bits per heavy atom. The van der Waals surface area contributed by atoms with Gasteiger partial charge in [0.15, 0.2) is 0 Å². The van der Waals surface area contributed by atoms with Gasteiger partial charge in [-0.25, -0.2) is 4.79 Å². The number of methoxy groups -OCH3 is 1. The summed E-state index contributed by atoms with van der Waals surface area (Å²) in [6.07, 6.45) is 0.195. The van der Waals surface area contributed by atoms with Crippen LogP contribution in [0.15, 0.2) is 0 Å². The molecule has 1 unspecified atom stereocenters. The highest BCUT2D eigenvalue weighted by Gasteiger charge is 2.17. The van der Waals surface area contributed by atoms with E-state index in [2.05, 4.69) is 10.6 Å². The molecule has 102 valence electrons. The molecule has 0 aliphatic carbocycles. The van der Waals surface area contributed by atoms with Crippen LogP contribution in [0.4, 0.5) is 4.79 Å². The van der Waals surface area contributed by atoms with E-state index in [4.69, 9.17) is 4.74 Å². The molecule has 0 bridgehead atoms. The average molecular weight is 246 g/mol. The zero-order valence-electron chi connectivity index (χ0n) is 11.5. The Bertz CT molecular complexity index is 230. The molecule has 3 N–H and O–H groups in total. The van der Waals surface area contributed by atoms with Gasteiger partial charge in [0.05, 0.1) is 11.7 Å². The number of ether oxygens (including phenoxy) is 1. The molecule has 0 fully saturated rings. The third-order valence-electron chi connectivity index (χ3n) is 2.47. The van der Waals surface area contributed by atoms with Crippen molar-refractivity contribution in [3.8, 4) is 0 Å². The summed E-state index contributed by atoms with van der Waals surface area (Å²) in [7, 11) is 1.60. The van der Waals surface area contributed by atoms with Gasteiger partial charge in [0.1, 0.15) is 0 Å². The van der Waals surface area contributed by atoms with Gasteiger partial charge in [0.25, 0.3) is 0 Å². The van der Waals surface area contributed by atoms with Crippen LogP contribution in [0.25, 0.3) is 0 Å². The van der Waals surface area contributed by atoms with Gasteiger partial charge in [-0.2, -0.15) is 0 Å². The zero-order chi connectivity index (χ0) is 13.5. The summed E-state index contributed by atoms with van der Waals surface area (Å²) in [5.41, 5.74) is -0.381. The van der Waals surface area contributed by atoms with E-state index in [1.807, 2.05) is 27.7 Å². The third-order valence-corrected chi connectivity index (χ3v) is 2.47. The second-order valence-corrected chi connectivity index (χ2v) is 5.31. The van der Waals surface area contributed by atoms with E-state index >= 15 is 0 Å². The van der Waals surface area contributed by atoms with E-state index in [0.29, 0.717) is 18.9 Å². The number of hydrogen-bond donors (Lipinski definition) is 3. The Morgan fingerprint density at radius 1 is 1.35 bits per heavy atom. The first-order valence-electron chi connectivity index (χ1n) is 6.01. The van der Waals surface area contributed by atoms with Crippen molar-refractivity contribution in [2.24, 2.45) is 5.92 Å². The van der Waals surface area contributed by atoms with E-state index < -0.39 is 6.10 Å². The molecule has 0 aromatic rings. The second kappa shape index (κ2) is 7.50. The lowest BCUT2D eigenvalue weighted by Gasteiger charge is -2.23. The van der Waals surface area contributed by atoms with Gasteiger partial charge in [-0.1, -0.05) is 13.8 Å². The second-order valence-electron chi connectivity index (χ2n) is 5.31. The van der Waals surface area contributed by atoms with E-state index in [1.54, 1.807) is 7.11 Å². The zero-order valence-corrected chi connectivity index (χ0v) is 11.5. The van der Waals surface area contributed by atoms with Crippen LogP contribution < -0.4 is 10.6 Å². The molecule has 1 atom stereocenters. The SMILES string of the molecule is COC(C)(C)CNC(=O)NCC(O)CC(C)C. The van der Waals surface area contributed by atoms with Gasteiger partial charge < -0.3 is 20.5 Å². The quantitative estimate of drug-likeness (QED) is 0.630. The van der Waals surface area contributed by atoms with Gasteiger partial charge in [-0.05, 0) is 26.2 Å². The summed E-state index contributed by atoms with van der Waals surface area (Å²) in [4.78, 5) is 11.4. The van der Waals surface area contributed by atoms with Crippen molar-refractivity contribution in [1.82, 2.24) is 10.6 Å². The number of rotatable bonds is 7. The van der Waals surface area contributed by atoms with E-state index in [-0.39, 0.29) is 18.2 Å². The molecule has 0 aromatic heterocycles. The monoisotopic (exact) mass is 246 g/mol. The molecule has 0 heterocycles. The molecule has 5 heteroatoms. The Kier molecular flexibility index (Phi) is 7.15. The van der Waals surface area contributed by atoms with E-state index in [9.17, 15) is 9.90 Å². The van der Waals surface area contributed by atoms with Crippen molar-refractivity contribution >= 4 is 6.03 Å². The van der Waals surface area contributed by atoms with Gasteiger partial charge in [0.2, 0.25) is 0 Å². The predicted molar refractivity (Wildman–Crippen MR) is 68.0 cm³/mol. The van der Waals surface area contributed by atoms with Crippen LogP contribution in [-0.4, -0.2) is 43.0 Å². The Balaban J connectivity index is 3.73. The first-order chi connectivity index (χ1) is 7.76. The number of aliphatic hydroxyl groups is 1. The first kappa shape index (κ1) is 16.2. The number of aliphatic hydroxyl groups excluding tert-OH is 1. The highest BCUT2D eigenvalue weighted by Crippen LogP contribution is 2.05. The lowest BCUT2D eigenvalue weighted by molar-refractivity contribution is 0.0253. The highest BCUT2D eigenvalue weighted by molar-refractivity contribution is 5.73. The molecule has 5 nitrogen and oxygen atoms in total. The fourth-order valence-electron chi connectivity index (χ4n) is 1.27. The molecular formula is C12H26N2O3. The summed E-state index contributed by atoms with van der Waals surface area (Å²) >= 11 is 0. The van der Waals surface area contributed by atoms with Crippen molar-refractivity contribution in [3.05, 3.63) is 0 Å². The molecule has 0 saturated carbocycles. The molecular weight excluding hydrogens is 220 g/mol. The molecule has 17 heavy (non-hydrogen) atoms. The highest BCUT2D eigenvalue weighted by atomic mass is 16.5. The standard InChI is InChI=1S/C12H26N2O3/c1-9(2)6-10(15)7-13-11(16)14-8-12(3,4)17-5/h9-10,15H,6-8H2,1-5H3,(H2,13,14,16). The van der Waals surface area contributed by atoms with Crippen molar-refractivity contribution in [2.45, 2.75) is 45.8 Å². The maximum absolute atomic E-state index is 11.4. The van der Waals surface area contributed by atoms with Crippen LogP contribution in [0.3, 0.4) is 0 Å². The fourth-order valence-corrected chi connectivity index (χ4v) is 1.27. The van der Waals surface area contributed by atoms with Gasteiger partial charge in [0, 0.05) is 20.2 Å². The molecule has 0 saturated heterocycles. The smallest absolute Gasteiger partial charge is 0.314 e. The van der Waals surface area contributed by atoms with Crippen molar-refractivity contribution in [2.75, 3.05) is 20.2 Å². The Morgan fingerprint density at radius 3 is 2.41 bits per heavy atom. The Labute approximate surface area is 104 Å². The molecule has 0 spiro atoms. The van der Waals surface area contributed by atoms with Crippen LogP contribution in [0.1, 0.15) is 34.1 Å². The minimum absolute atomic E-state index is 0.275. The van der Waals surface area contributed by atoms with Gasteiger partial charge >= 0.3 is 6.03 Å². The Hall–Kier alpha value is -0.810. The maximum Gasteiger partial charge on any atom is 0.314 e. The van der Waals surface area contributed by atoms with Crippen LogP contribution in [0, 0.1) is 5.92 Å². The number of nitrogens with one attached hydrogen (secondary N) is 2. The lowest BCUT2D eigenvalue weighted by atomic mass is 10.1. The maximum atomic E-state index is 11.4. The van der Waals surface area contributed by atoms with E-state index in [1.165, 1.54) is 0 Å². The van der Waals surface area contributed by atoms with Crippen LogP contribution in [0.5, 0.6) is 0 Å². The minimum Gasteiger partial charge on any atom is -0.391 e. The van der Waals surface area contributed by atoms with Gasteiger partial charge in [-0.15, -0.1) is 0 Å². The molecule has 0 aliphatic heterocycles. The third kappa shape index (κ3) is 8.94. The summed E-state index contributed by atoms with van der Waals surface area (Å²) in [5.74, 6) is 0.419. The largest absolute Gasteiger partial charge is 0.391 e. The number of amides is 2. The van der Waals surface area contributed by atoms with Gasteiger partial charge in [-0.3, -0.25) is 0 Å². The van der Waals surface area contributed by atoms with E-state index in [0.717, 1.165) is 0 Å². The number of hydrogen-bond acceptors (Lipinski definition) is 3. The summed E-state index contributed by atoms with van der Waals surface area (Å²) in [6, 6.07) is -0.280. The first-order valence-corrected chi connectivity index (χ1v) is 6.01.